The molecule has 0 atom stereocenters. The topological polar surface area (TPSA) is 174 Å². The van der Waals surface area contributed by atoms with Gasteiger partial charge in [-0.25, -0.2) is 0 Å². The Kier molecular flexibility index (Phi) is 8.30. The lowest BCUT2D eigenvalue weighted by atomic mass is 10.1. The Hall–Kier alpha value is -4.35. The number of hydrogen-bond donors (Lipinski definition) is 1. The summed E-state index contributed by atoms with van der Waals surface area (Å²) < 4.78 is 36.2. The van der Waals surface area contributed by atoms with Crippen LogP contribution < -0.4 is 14.2 Å². The minimum absolute atomic E-state index is 0.0113. The first-order valence-electron chi connectivity index (χ1n) is 10.4. The molecule has 0 aliphatic rings. The van der Waals surface area contributed by atoms with E-state index in [1.807, 2.05) is 13.0 Å². The Morgan fingerprint density at radius 3 is 2.61 bits per heavy atom. The van der Waals surface area contributed by atoms with Crippen LogP contribution in [0.5, 0.6) is 11.5 Å². The van der Waals surface area contributed by atoms with E-state index in [0.717, 1.165) is 17.1 Å². The normalized spacial score (nSPS) is 11.4. The first-order valence-corrected chi connectivity index (χ1v) is 12.6. The third-order valence-corrected chi connectivity index (χ3v) is 6.73. The SMILES string of the molecule is CCOc1cc(/C=C(/C#N)C(=O)Nc2nnc(CC)s2)ccc1OS(=O)(=O)c1ccccc1[N+](=O)[O-]. The number of nitrogens with one attached hydrogen (secondary N) is 1. The fourth-order valence-corrected chi connectivity index (χ4v) is 4.64. The van der Waals surface area contributed by atoms with Crippen LogP contribution in [-0.2, 0) is 21.3 Å². The fourth-order valence-electron chi connectivity index (χ4n) is 2.86. The Labute approximate surface area is 210 Å². The molecule has 3 aromatic rings. The van der Waals surface area contributed by atoms with Crippen molar-refractivity contribution in [2.75, 3.05) is 11.9 Å². The van der Waals surface area contributed by atoms with Gasteiger partial charge in [-0.15, -0.1) is 10.2 Å². The summed E-state index contributed by atoms with van der Waals surface area (Å²) in [7, 11) is -4.58. The van der Waals surface area contributed by atoms with E-state index in [2.05, 4.69) is 15.5 Å². The number of carbonyl (C=O) groups is 1. The number of nitro benzene ring substituents is 1. The van der Waals surface area contributed by atoms with Crippen molar-refractivity contribution in [3.63, 3.8) is 0 Å². The number of rotatable bonds is 10. The van der Waals surface area contributed by atoms with Crippen LogP contribution >= 0.6 is 11.3 Å². The number of nitro groups is 1. The second-order valence-corrected chi connectivity index (χ2v) is 9.46. The zero-order valence-electron chi connectivity index (χ0n) is 19.0. The lowest BCUT2D eigenvalue weighted by Crippen LogP contribution is -2.13. The van der Waals surface area contributed by atoms with E-state index in [1.54, 1.807) is 6.92 Å². The Bertz CT molecular complexity index is 1480. The lowest BCUT2D eigenvalue weighted by Gasteiger charge is -2.13. The molecule has 0 spiro atoms. The zero-order valence-corrected chi connectivity index (χ0v) is 20.6. The second-order valence-electron chi connectivity index (χ2n) is 6.88. The van der Waals surface area contributed by atoms with Gasteiger partial charge in [-0.3, -0.25) is 20.2 Å². The second kappa shape index (κ2) is 11.4. The van der Waals surface area contributed by atoms with Crippen LogP contribution in [0.2, 0.25) is 0 Å². The number of benzene rings is 2. The van der Waals surface area contributed by atoms with Crippen LogP contribution in [0.1, 0.15) is 24.4 Å². The van der Waals surface area contributed by atoms with Gasteiger partial charge in [0.1, 0.15) is 16.6 Å². The number of anilines is 1. The molecule has 0 bridgehead atoms. The van der Waals surface area contributed by atoms with Crippen molar-refractivity contribution in [1.29, 1.82) is 5.26 Å². The van der Waals surface area contributed by atoms with Crippen LogP contribution in [0, 0.1) is 21.4 Å². The molecular weight excluding hydrogens is 510 g/mol. The minimum Gasteiger partial charge on any atom is -0.490 e. The lowest BCUT2D eigenvalue weighted by molar-refractivity contribution is -0.387. The Balaban J connectivity index is 1.90. The maximum absolute atomic E-state index is 12.8. The molecule has 1 heterocycles. The van der Waals surface area contributed by atoms with Gasteiger partial charge in [0.2, 0.25) is 5.13 Å². The summed E-state index contributed by atoms with van der Waals surface area (Å²) in [6.07, 6.45) is 1.93. The number of carbonyl (C=O) groups excluding carboxylic acids is 1. The third kappa shape index (κ3) is 6.20. The van der Waals surface area contributed by atoms with Crippen LogP contribution in [-0.4, -0.2) is 36.1 Å². The number of nitrogens with zero attached hydrogens (tertiary/aromatic N) is 4. The first-order chi connectivity index (χ1) is 17.2. The highest BCUT2D eigenvalue weighted by Crippen LogP contribution is 2.34. The molecule has 0 saturated carbocycles. The number of aromatic nitrogens is 2. The molecule has 0 aliphatic heterocycles. The van der Waals surface area contributed by atoms with Gasteiger partial charge < -0.3 is 8.92 Å². The molecule has 1 N–H and O–H groups in total. The molecule has 1 amide bonds. The highest BCUT2D eigenvalue weighted by Gasteiger charge is 2.28. The van der Waals surface area contributed by atoms with Gasteiger partial charge in [0, 0.05) is 6.07 Å². The third-order valence-electron chi connectivity index (χ3n) is 4.46. The van der Waals surface area contributed by atoms with Gasteiger partial charge in [-0.05, 0) is 43.2 Å². The van der Waals surface area contributed by atoms with Gasteiger partial charge >= 0.3 is 10.1 Å². The van der Waals surface area contributed by atoms with Crippen molar-refractivity contribution >= 4 is 44.3 Å². The van der Waals surface area contributed by atoms with Crippen molar-refractivity contribution in [2.24, 2.45) is 0 Å². The molecule has 0 radical (unpaired) electrons. The van der Waals surface area contributed by atoms with E-state index in [4.69, 9.17) is 8.92 Å². The van der Waals surface area contributed by atoms with E-state index in [-0.39, 0.29) is 28.8 Å². The molecule has 0 unspecified atom stereocenters. The number of hydrogen-bond acceptors (Lipinski definition) is 11. The molecular formula is C22H19N5O7S2. The zero-order chi connectivity index (χ0) is 26.3. The van der Waals surface area contributed by atoms with E-state index in [9.17, 15) is 28.6 Å². The van der Waals surface area contributed by atoms with Gasteiger partial charge in [-0.2, -0.15) is 13.7 Å². The molecule has 186 valence electrons. The van der Waals surface area contributed by atoms with Gasteiger partial charge in [0.15, 0.2) is 16.4 Å². The van der Waals surface area contributed by atoms with Crippen molar-refractivity contribution in [1.82, 2.24) is 10.2 Å². The molecule has 2 aromatic carbocycles. The van der Waals surface area contributed by atoms with Crippen molar-refractivity contribution in [3.8, 4) is 17.6 Å². The van der Waals surface area contributed by atoms with Crippen molar-refractivity contribution in [2.45, 2.75) is 25.2 Å². The number of nitriles is 1. The molecule has 0 aliphatic carbocycles. The van der Waals surface area contributed by atoms with Gasteiger partial charge in [-0.1, -0.05) is 36.5 Å². The van der Waals surface area contributed by atoms with Crippen LogP contribution in [0.15, 0.2) is 52.9 Å². The first kappa shape index (κ1) is 26.3. The van der Waals surface area contributed by atoms with E-state index in [0.29, 0.717) is 12.0 Å². The fraction of sp³-hybridized carbons (Fsp3) is 0.182. The van der Waals surface area contributed by atoms with Crippen molar-refractivity contribution in [3.05, 3.63) is 68.7 Å². The predicted molar refractivity (Wildman–Crippen MR) is 130 cm³/mol. The predicted octanol–water partition coefficient (Wildman–Crippen LogP) is 3.72. The molecule has 3 rings (SSSR count). The molecule has 36 heavy (non-hydrogen) atoms. The quantitative estimate of drug-likeness (QED) is 0.134. The average molecular weight is 530 g/mol. The number of amides is 1. The van der Waals surface area contributed by atoms with Crippen molar-refractivity contribution < 1.29 is 27.1 Å². The summed E-state index contributed by atoms with van der Waals surface area (Å²) in [5.41, 5.74) is -0.542. The smallest absolute Gasteiger partial charge is 0.346 e. The number of aryl methyl sites for hydroxylation is 1. The molecule has 0 fully saturated rings. The average Bonchev–Trinajstić information content (AvgIpc) is 3.31. The Morgan fingerprint density at radius 2 is 1.97 bits per heavy atom. The highest BCUT2D eigenvalue weighted by molar-refractivity contribution is 7.87. The summed E-state index contributed by atoms with van der Waals surface area (Å²) in [4.78, 5) is 22.3. The maximum atomic E-state index is 12.8. The van der Waals surface area contributed by atoms with Crippen LogP contribution in [0.25, 0.3) is 6.08 Å². The monoisotopic (exact) mass is 529 g/mol. The van der Waals surface area contributed by atoms with Crippen LogP contribution in [0.3, 0.4) is 0 Å². The molecule has 0 saturated heterocycles. The molecule has 14 heteroatoms. The molecule has 12 nitrogen and oxygen atoms in total. The van der Waals surface area contributed by atoms with E-state index >= 15 is 0 Å². The number of ether oxygens (including phenoxy) is 1. The summed E-state index contributed by atoms with van der Waals surface area (Å²) in [6, 6.07) is 10.6. The van der Waals surface area contributed by atoms with Gasteiger partial charge in [0.25, 0.3) is 11.6 Å². The summed E-state index contributed by atoms with van der Waals surface area (Å²) >= 11 is 1.19. The Morgan fingerprint density at radius 1 is 1.22 bits per heavy atom. The standard InChI is InChI=1S/C22H19N5O7S2/c1-3-20-25-26-22(35-20)24-21(28)15(13-23)11-14-9-10-17(18(12-14)33-4-2)34-36(31,32)19-8-6-5-7-16(19)27(29)30/h5-12H,3-4H2,1-2H3,(H,24,26,28)/b15-11-. The minimum atomic E-state index is -4.58. The summed E-state index contributed by atoms with van der Waals surface area (Å²) in [5, 5.41) is 31.9. The summed E-state index contributed by atoms with van der Waals surface area (Å²) in [5.74, 6) is -0.938. The van der Waals surface area contributed by atoms with Gasteiger partial charge in [0.05, 0.1) is 11.5 Å². The number of para-hydroxylation sites is 1. The van der Waals surface area contributed by atoms with E-state index in [1.165, 1.54) is 47.7 Å². The summed E-state index contributed by atoms with van der Waals surface area (Å²) in [6.45, 7) is 3.68. The maximum Gasteiger partial charge on any atom is 0.346 e. The van der Waals surface area contributed by atoms with E-state index < -0.39 is 31.5 Å². The molecule has 1 aromatic heterocycles. The largest absolute Gasteiger partial charge is 0.490 e. The van der Waals surface area contributed by atoms with Crippen LogP contribution in [0.4, 0.5) is 10.8 Å². The highest BCUT2D eigenvalue weighted by atomic mass is 32.2.